The quantitative estimate of drug-likeness (QED) is 0.219. The number of ether oxygens (including phenoxy) is 1. The molecule has 2 heterocycles. The smallest absolute Gasteiger partial charge is 0.444 e. The van der Waals surface area contributed by atoms with Crippen molar-refractivity contribution in [1.82, 2.24) is 29.1 Å². The van der Waals surface area contributed by atoms with E-state index >= 15 is 0 Å². The average molecular weight is 638 g/mol. The summed E-state index contributed by atoms with van der Waals surface area (Å²) in [6.07, 6.45) is -14.5. The van der Waals surface area contributed by atoms with Gasteiger partial charge < -0.3 is 10.5 Å². The number of benzene rings is 2. The lowest BCUT2D eigenvalue weighted by Gasteiger charge is -2.21. The number of nitrogens with zero attached hydrogens (tertiary/aromatic N) is 6. The zero-order chi connectivity index (χ0) is 31.0. The van der Waals surface area contributed by atoms with E-state index in [1.54, 1.807) is 31.2 Å². The summed E-state index contributed by atoms with van der Waals surface area (Å²) in [6, 6.07) is 11.3. The van der Waals surface area contributed by atoms with E-state index in [0.29, 0.717) is 20.0 Å². The van der Waals surface area contributed by atoms with Crippen molar-refractivity contribution in [1.29, 1.82) is 0 Å². The Labute approximate surface area is 242 Å². The zero-order valence-corrected chi connectivity index (χ0v) is 22.7. The molecule has 0 saturated carbocycles. The number of aromatic nitrogens is 6. The summed E-state index contributed by atoms with van der Waals surface area (Å²) in [4.78, 5) is 28.9. The van der Waals surface area contributed by atoms with Gasteiger partial charge in [0.15, 0.2) is 11.6 Å². The van der Waals surface area contributed by atoms with Gasteiger partial charge in [-0.25, -0.2) is 23.9 Å². The van der Waals surface area contributed by atoms with Gasteiger partial charge >= 0.3 is 24.0 Å². The molecule has 0 saturated heterocycles. The van der Waals surface area contributed by atoms with Crippen LogP contribution < -0.4 is 11.4 Å². The maximum Gasteiger partial charge on any atom is 0.490 e. The van der Waals surface area contributed by atoms with Crippen LogP contribution >= 0.6 is 23.2 Å². The number of alkyl halides is 6. The standard InChI is InChI=1S/C24H19Cl2F6N7O3/c1-12(33)19-34-18(35-39(19)16-5-3-2-4-15(16)26)11-38-22(41)37(20(36-38)13-6-8-14(25)9-7-13)10-17(23(27,28)29)42-21(40)24(30,31)32/h2-9,12,17H,10-11,33H2,1H3/t12?,17-/m0/s1. The summed E-state index contributed by atoms with van der Waals surface area (Å²) in [6.45, 7) is -0.405. The molecule has 2 aromatic heterocycles. The number of esters is 1. The minimum Gasteiger partial charge on any atom is -0.444 e. The number of para-hydroxylation sites is 1. The third-order valence-corrected chi connectivity index (χ3v) is 6.25. The van der Waals surface area contributed by atoms with Gasteiger partial charge in [-0.3, -0.25) is 4.57 Å². The van der Waals surface area contributed by atoms with Crippen LogP contribution in [0.5, 0.6) is 0 Å². The van der Waals surface area contributed by atoms with E-state index in [4.69, 9.17) is 28.9 Å². The van der Waals surface area contributed by atoms with Crippen LogP contribution in [0.1, 0.15) is 24.6 Å². The maximum absolute atomic E-state index is 13.7. The van der Waals surface area contributed by atoms with Crippen LogP contribution in [-0.4, -0.2) is 53.5 Å². The van der Waals surface area contributed by atoms with E-state index in [0.717, 1.165) is 0 Å². The monoisotopic (exact) mass is 637 g/mol. The molecule has 42 heavy (non-hydrogen) atoms. The average Bonchev–Trinajstić information content (AvgIpc) is 3.45. The minimum absolute atomic E-state index is 0.0347. The molecular weight excluding hydrogens is 619 g/mol. The van der Waals surface area contributed by atoms with Crippen molar-refractivity contribution in [3.63, 3.8) is 0 Å². The summed E-state index contributed by atoms with van der Waals surface area (Å²) >= 11 is 12.2. The van der Waals surface area contributed by atoms with E-state index in [9.17, 15) is 35.9 Å². The fourth-order valence-electron chi connectivity index (χ4n) is 3.76. The first-order chi connectivity index (χ1) is 19.6. The van der Waals surface area contributed by atoms with E-state index in [-0.39, 0.29) is 28.1 Å². The van der Waals surface area contributed by atoms with Gasteiger partial charge in [0.25, 0.3) is 0 Å². The molecule has 2 N–H and O–H groups in total. The third kappa shape index (κ3) is 6.77. The molecule has 0 aliphatic heterocycles. The molecule has 10 nitrogen and oxygen atoms in total. The molecule has 4 rings (SSSR count). The Morgan fingerprint density at radius 3 is 2.24 bits per heavy atom. The molecule has 0 bridgehead atoms. The third-order valence-electron chi connectivity index (χ3n) is 5.67. The molecule has 0 aliphatic carbocycles. The Hall–Kier alpha value is -3.89. The number of nitrogens with two attached hydrogens (primary N) is 1. The van der Waals surface area contributed by atoms with Crippen molar-refractivity contribution in [2.75, 3.05) is 0 Å². The lowest BCUT2D eigenvalue weighted by atomic mass is 10.2. The number of hydrogen-bond acceptors (Lipinski definition) is 7. The van der Waals surface area contributed by atoms with Gasteiger partial charge in [-0.2, -0.15) is 26.3 Å². The van der Waals surface area contributed by atoms with Gasteiger partial charge in [-0.05, 0) is 43.3 Å². The van der Waals surface area contributed by atoms with Gasteiger partial charge in [0.1, 0.15) is 12.4 Å². The summed E-state index contributed by atoms with van der Waals surface area (Å²) in [5, 5.41) is 8.97. The predicted molar refractivity (Wildman–Crippen MR) is 137 cm³/mol. The maximum atomic E-state index is 13.7. The van der Waals surface area contributed by atoms with Crippen molar-refractivity contribution >= 4 is 29.2 Å². The molecule has 2 aromatic carbocycles. The summed E-state index contributed by atoms with van der Waals surface area (Å²) in [5.74, 6) is -3.25. The van der Waals surface area contributed by atoms with E-state index in [1.807, 2.05) is 0 Å². The number of halogens is 8. The predicted octanol–water partition coefficient (Wildman–Crippen LogP) is 4.70. The van der Waals surface area contributed by atoms with E-state index < -0.39 is 49.2 Å². The summed E-state index contributed by atoms with van der Waals surface area (Å²) < 4.78 is 85.4. The SMILES string of the molecule is CC(N)c1nc(Cn2nc(-c3ccc(Cl)cc3)n(C[C@H](OC(=O)C(F)(F)F)C(F)(F)F)c2=O)nn1-c1ccccc1Cl. The number of hydrogen-bond donors (Lipinski definition) is 1. The van der Waals surface area contributed by atoms with Crippen LogP contribution in [0.15, 0.2) is 53.3 Å². The van der Waals surface area contributed by atoms with Gasteiger partial charge in [0.2, 0.25) is 6.10 Å². The fraction of sp³-hybridized carbons (Fsp3) is 0.292. The van der Waals surface area contributed by atoms with Crippen molar-refractivity contribution in [2.45, 2.75) is 44.5 Å². The molecule has 224 valence electrons. The van der Waals surface area contributed by atoms with Crippen LogP contribution in [0.3, 0.4) is 0 Å². The molecule has 2 atom stereocenters. The topological polar surface area (TPSA) is 123 Å². The van der Waals surface area contributed by atoms with Crippen LogP contribution in [0, 0.1) is 0 Å². The molecule has 0 amide bonds. The van der Waals surface area contributed by atoms with Crippen LogP contribution in [-0.2, 0) is 22.6 Å². The Morgan fingerprint density at radius 2 is 1.67 bits per heavy atom. The summed E-state index contributed by atoms with van der Waals surface area (Å²) in [5.41, 5.74) is 5.33. The molecule has 4 aromatic rings. The molecular formula is C24H19Cl2F6N7O3. The number of carbonyl (C=O) groups is 1. The summed E-state index contributed by atoms with van der Waals surface area (Å²) in [7, 11) is 0. The second-order valence-electron chi connectivity index (χ2n) is 8.85. The van der Waals surface area contributed by atoms with Gasteiger partial charge in [0.05, 0.1) is 23.3 Å². The largest absolute Gasteiger partial charge is 0.490 e. The Morgan fingerprint density at radius 1 is 1.02 bits per heavy atom. The van der Waals surface area contributed by atoms with Crippen molar-refractivity contribution in [2.24, 2.45) is 5.73 Å². The lowest BCUT2D eigenvalue weighted by Crippen LogP contribution is -2.43. The lowest BCUT2D eigenvalue weighted by molar-refractivity contribution is -0.247. The zero-order valence-electron chi connectivity index (χ0n) is 21.2. The molecule has 0 aliphatic rings. The van der Waals surface area contributed by atoms with Crippen LogP contribution in [0.2, 0.25) is 10.0 Å². The van der Waals surface area contributed by atoms with Crippen molar-refractivity contribution < 1.29 is 35.9 Å². The van der Waals surface area contributed by atoms with E-state index in [1.165, 1.54) is 28.9 Å². The van der Waals surface area contributed by atoms with Crippen molar-refractivity contribution in [3.05, 3.63) is 80.7 Å². The first-order valence-corrected chi connectivity index (χ1v) is 12.6. The Balaban J connectivity index is 1.79. The molecule has 1 unspecified atom stereocenters. The highest BCUT2D eigenvalue weighted by Gasteiger charge is 2.49. The second-order valence-corrected chi connectivity index (χ2v) is 9.70. The Bertz CT molecular complexity index is 1650. The highest BCUT2D eigenvalue weighted by atomic mass is 35.5. The van der Waals surface area contributed by atoms with Crippen molar-refractivity contribution in [3.8, 4) is 17.1 Å². The highest BCUT2D eigenvalue weighted by Crippen LogP contribution is 2.29. The molecule has 18 heteroatoms. The van der Waals surface area contributed by atoms with Gasteiger partial charge in [-0.15, -0.1) is 10.2 Å². The number of rotatable bonds is 8. The van der Waals surface area contributed by atoms with E-state index in [2.05, 4.69) is 19.9 Å². The van der Waals surface area contributed by atoms with Gasteiger partial charge in [-0.1, -0.05) is 35.3 Å². The normalized spacial score (nSPS) is 13.7. The minimum atomic E-state index is -5.71. The van der Waals surface area contributed by atoms with Crippen LogP contribution in [0.25, 0.3) is 17.1 Å². The Kier molecular flexibility index (Phi) is 8.71. The van der Waals surface area contributed by atoms with Crippen LogP contribution in [0.4, 0.5) is 26.3 Å². The van der Waals surface area contributed by atoms with Gasteiger partial charge in [0, 0.05) is 10.6 Å². The second kappa shape index (κ2) is 11.8. The first-order valence-electron chi connectivity index (χ1n) is 11.8. The molecule has 0 radical (unpaired) electrons. The fourth-order valence-corrected chi connectivity index (χ4v) is 4.10. The molecule has 0 spiro atoms. The molecule has 0 fully saturated rings. The number of carbonyl (C=O) groups excluding carboxylic acids is 1. The highest BCUT2D eigenvalue weighted by molar-refractivity contribution is 6.32. The first kappa shape index (κ1) is 31.1.